The minimum atomic E-state index is -0.0886. The molecule has 1 aliphatic carbocycles. The Hall–Kier alpha value is -1.92. The number of aryl methyl sites for hydroxylation is 1. The second-order valence-electron chi connectivity index (χ2n) is 7.27. The topological polar surface area (TPSA) is 81.8 Å². The predicted molar refractivity (Wildman–Crippen MR) is 97.8 cm³/mol. The van der Waals surface area contributed by atoms with Crippen LogP contribution in [-0.4, -0.2) is 34.5 Å². The first-order valence-corrected chi connectivity index (χ1v) is 9.53. The van der Waals surface area contributed by atoms with E-state index in [-0.39, 0.29) is 11.9 Å². The number of hydrogen-bond donors (Lipinski definition) is 4. The van der Waals surface area contributed by atoms with E-state index in [0.717, 1.165) is 36.1 Å². The van der Waals surface area contributed by atoms with Crippen LogP contribution in [-0.2, 0) is 11.2 Å². The van der Waals surface area contributed by atoms with Crippen LogP contribution < -0.4 is 16.2 Å². The lowest BCUT2D eigenvalue weighted by Gasteiger charge is -2.20. The van der Waals surface area contributed by atoms with E-state index in [1.54, 1.807) is 0 Å². The maximum absolute atomic E-state index is 12.5. The first-order valence-electron chi connectivity index (χ1n) is 9.53. The number of benzene rings is 1. The van der Waals surface area contributed by atoms with Gasteiger partial charge in [-0.1, -0.05) is 31.4 Å². The number of H-pyrrole nitrogens is 1. The van der Waals surface area contributed by atoms with Gasteiger partial charge in [0, 0.05) is 24.9 Å². The van der Waals surface area contributed by atoms with Gasteiger partial charge in [0.2, 0.25) is 5.91 Å². The SMILES string of the molecule is O=C(NCCCc1nc2ccccc2[nH]1)C1NNC2CCCCCC21. The molecule has 3 atom stereocenters. The van der Waals surface area contributed by atoms with Crippen molar-refractivity contribution in [1.82, 2.24) is 26.1 Å². The molecule has 1 aromatic heterocycles. The maximum Gasteiger partial charge on any atom is 0.238 e. The number of para-hydroxylation sites is 2. The summed E-state index contributed by atoms with van der Waals surface area (Å²) in [5.74, 6) is 1.55. The monoisotopic (exact) mass is 341 g/mol. The lowest BCUT2D eigenvalue weighted by Crippen LogP contribution is -2.46. The predicted octanol–water partition coefficient (Wildman–Crippen LogP) is 2.04. The fraction of sp³-hybridized carbons (Fsp3) is 0.579. The van der Waals surface area contributed by atoms with E-state index in [1.165, 1.54) is 25.7 Å². The van der Waals surface area contributed by atoms with Gasteiger partial charge in [0.15, 0.2) is 0 Å². The zero-order valence-electron chi connectivity index (χ0n) is 14.6. The summed E-state index contributed by atoms with van der Waals surface area (Å²) in [7, 11) is 0. The van der Waals surface area contributed by atoms with Crippen molar-refractivity contribution in [2.45, 2.75) is 57.0 Å². The number of hydrogen-bond acceptors (Lipinski definition) is 4. The summed E-state index contributed by atoms with van der Waals surface area (Å²) < 4.78 is 0. The minimum absolute atomic E-state index is 0.0886. The molecule has 0 bridgehead atoms. The van der Waals surface area contributed by atoms with Crippen LogP contribution >= 0.6 is 0 Å². The zero-order chi connectivity index (χ0) is 17.1. The molecule has 25 heavy (non-hydrogen) atoms. The molecule has 1 amide bonds. The summed E-state index contributed by atoms with van der Waals surface area (Å²) in [6.07, 6.45) is 7.84. The molecule has 2 aliphatic rings. The summed E-state index contributed by atoms with van der Waals surface area (Å²) >= 11 is 0. The Bertz CT molecular complexity index is 694. The van der Waals surface area contributed by atoms with Gasteiger partial charge in [0.1, 0.15) is 11.9 Å². The average Bonchev–Trinajstić information content (AvgIpc) is 3.15. The van der Waals surface area contributed by atoms with Crippen molar-refractivity contribution >= 4 is 16.9 Å². The lowest BCUT2D eigenvalue weighted by molar-refractivity contribution is -0.123. The Balaban J connectivity index is 1.25. The number of imidazole rings is 1. The van der Waals surface area contributed by atoms with Crippen LogP contribution in [0.25, 0.3) is 11.0 Å². The van der Waals surface area contributed by atoms with Crippen LogP contribution in [0.3, 0.4) is 0 Å². The quantitative estimate of drug-likeness (QED) is 0.627. The number of rotatable bonds is 5. The third-order valence-electron chi connectivity index (χ3n) is 5.53. The highest BCUT2D eigenvalue weighted by Gasteiger charge is 2.39. The normalized spacial score (nSPS) is 26.3. The summed E-state index contributed by atoms with van der Waals surface area (Å²) in [6, 6.07) is 8.42. The standard InChI is InChI=1S/C19H27N5O/c25-19(18-13-7-2-1-3-8-14(13)23-24-18)20-12-6-11-17-21-15-9-4-5-10-16(15)22-17/h4-5,9-10,13-14,18,23-24H,1-3,6-8,11-12H2,(H,20,25)(H,21,22). The Morgan fingerprint density at radius 3 is 2.96 bits per heavy atom. The molecule has 2 aromatic rings. The molecule has 4 N–H and O–H groups in total. The number of hydrazine groups is 1. The van der Waals surface area contributed by atoms with Crippen molar-refractivity contribution in [2.75, 3.05) is 6.54 Å². The highest BCUT2D eigenvalue weighted by molar-refractivity contribution is 5.82. The van der Waals surface area contributed by atoms with Crippen LogP contribution in [0.5, 0.6) is 0 Å². The number of carbonyl (C=O) groups is 1. The van der Waals surface area contributed by atoms with Crippen LogP contribution in [0, 0.1) is 5.92 Å². The number of nitrogens with zero attached hydrogens (tertiary/aromatic N) is 1. The minimum Gasteiger partial charge on any atom is -0.355 e. The number of nitrogens with one attached hydrogen (secondary N) is 4. The van der Waals surface area contributed by atoms with Gasteiger partial charge >= 0.3 is 0 Å². The van der Waals surface area contributed by atoms with Crippen LogP contribution in [0.1, 0.15) is 44.3 Å². The first-order chi connectivity index (χ1) is 12.3. The molecule has 0 spiro atoms. The van der Waals surface area contributed by atoms with Crippen molar-refractivity contribution in [3.05, 3.63) is 30.1 Å². The summed E-state index contributed by atoms with van der Waals surface area (Å²) in [5, 5.41) is 3.10. The number of amides is 1. The lowest BCUT2D eigenvalue weighted by atomic mass is 9.90. The van der Waals surface area contributed by atoms with Gasteiger partial charge in [-0.25, -0.2) is 10.4 Å². The second-order valence-corrected chi connectivity index (χ2v) is 7.27. The molecule has 4 rings (SSSR count). The maximum atomic E-state index is 12.5. The van der Waals surface area contributed by atoms with Crippen molar-refractivity contribution in [2.24, 2.45) is 5.92 Å². The molecule has 0 radical (unpaired) electrons. The highest BCUT2D eigenvalue weighted by atomic mass is 16.2. The molecule has 1 saturated heterocycles. The highest BCUT2D eigenvalue weighted by Crippen LogP contribution is 2.29. The van der Waals surface area contributed by atoms with Gasteiger partial charge in [0.05, 0.1) is 11.0 Å². The van der Waals surface area contributed by atoms with Crippen LogP contribution in [0.15, 0.2) is 24.3 Å². The van der Waals surface area contributed by atoms with Crippen molar-refractivity contribution < 1.29 is 4.79 Å². The fourth-order valence-corrected chi connectivity index (χ4v) is 4.18. The molecule has 2 fully saturated rings. The van der Waals surface area contributed by atoms with Gasteiger partial charge in [-0.15, -0.1) is 0 Å². The third-order valence-corrected chi connectivity index (χ3v) is 5.53. The summed E-state index contributed by atoms with van der Waals surface area (Å²) in [4.78, 5) is 20.4. The molecule has 1 aromatic carbocycles. The molecule has 1 saturated carbocycles. The van der Waals surface area contributed by atoms with Gasteiger partial charge < -0.3 is 10.3 Å². The van der Waals surface area contributed by atoms with E-state index in [4.69, 9.17) is 0 Å². The molecule has 6 nitrogen and oxygen atoms in total. The van der Waals surface area contributed by atoms with E-state index >= 15 is 0 Å². The first kappa shape index (κ1) is 16.5. The third kappa shape index (κ3) is 3.70. The van der Waals surface area contributed by atoms with E-state index in [2.05, 4.69) is 26.1 Å². The Morgan fingerprint density at radius 2 is 2.04 bits per heavy atom. The summed E-state index contributed by atoms with van der Waals surface area (Å²) in [6.45, 7) is 0.686. The molecular weight excluding hydrogens is 314 g/mol. The van der Waals surface area contributed by atoms with Crippen molar-refractivity contribution in [3.63, 3.8) is 0 Å². The Kier molecular flexibility index (Phi) is 4.99. The smallest absolute Gasteiger partial charge is 0.238 e. The van der Waals surface area contributed by atoms with Gasteiger partial charge in [0.25, 0.3) is 0 Å². The zero-order valence-corrected chi connectivity index (χ0v) is 14.6. The largest absolute Gasteiger partial charge is 0.355 e. The number of carbonyl (C=O) groups excluding carboxylic acids is 1. The Morgan fingerprint density at radius 1 is 1.16 bits per heavy atom. The molecule has 3 unspecified atom stereocenters. The summed E-state index contributed by atoms with van der Waals surface area (Å²) in [5.41, 5.74) is 8.63. The number of aromatic amines is 1. The van der Waals surface area contributed by atoms with Gasteiger partial charge in [-0.2, -0.15) is 0 Å². The second kappa shape index (κ2) is 7.54. The molecule has 2 heterocycles. The molecule has 134 valence electrons. The van der Waals surface area contributed by atoms with Crippen LogP contribution in [0.2, 0.25) is 0 Å². The molecular formula is C19H27N5O. The number of fused-ring (bicyclic) bond motifs is 2. The van der Waals surface area contributed by atoms with Gasteiger partial charge in [-0.3, -0.25) is 10.2 Å². The van der Waals surface area contributed by atoms with E-state index < -0.39 is 0 Å². The van der Waals surface area contributed by atoms with E-state index in [9.17, 15) is 4.79 Å². The van der Waals surface area contributed by atoms with Crippen LogP contribution in [0.4, 0.5) is 0 Å². The molecule has 6 heteroatoms. The number of aromatic nitrogens is 2. The fourth-order valence-electron chi connectivity index (χ4n) is 4.18. The average molecular weight is 341 g/mol. The van der Waals surface area contributed by atoms with Gasteiger partial charge in [-0.05, 0) is 31.4 Å². The van der Waals surface area contributed by atoms with E-state index in [0.29, 0.717) is 18.5 Å². The van der Waals surface area contributed by atoms with Crippen molar-refractivity contribution in [3.8, 4) is 0 Å². The van der Waals surface area contributed by atoms with E-state index in [1.807, 2.05) is 24.3 Å². The van der Waals surface area contributed by atoms with Crippen molar-refractivity contribution in [1.29, 1.82) is 0 Å². The Labute approximate surface area is 148 Å². The molecule has 1 aliphatic heterocycles.